The first-order chi connectivity index (χ1) is 15.8. The van der Waals surface area contributed by atoms with Crippen LogP contribution < -0.4 is 10.1 Å². The first-order valence-electron chi connectivity index (χ1n) is 10.8. The highest BCUT2D eigenvalue weighted by atomic mass is 16.5. The molecule has 0 spiro atoms. The number of hydrogen-bond donors (Lipinski definition) is 1. The molecule has 1 amide bonds. The van der Waals surface area contributed by atoms with Gasteiger partial charge in [0.05, 0.1) is 18.4 Å². The number of ether oxygens (including phenoxy) is 2. The second-order valence-corrected chi connectivity index (χ2v) is 8.98. The first-order valence-corrected chi connectivity index (χ1v) is 10.8. The normalized spacial score (nSPS) is 11.4. The highest BCUT2D eigenvalue weighted by Crippen LogP contribution is 2.32. The van der Waals surface area contributed by atoms with Gasteiger partial charge in [-0.1, -0.05) is 75.4 Å². The molecule has 0 unspecified atom stereocenters. The predicted molar refractivity (Wildman–Crippen MR) is 132 cm³/mol. The Hall–Kier alpha value is -3.86. The van der Waals surface area contributed by atoms with Crippen molar-refractivity contribution in [3.8, 4) is 5.75 Å². The van der Waals surface area contributed by atoms with Crippen LogP contribution in [-0.2, 0) is 14.9 Å². The molecule has 1 N–H and O–H groups in total. The molecule has 0 saturated heterocycles. The smallest absolute Gasteiger partial charge is 0.339 e. The van der Waals surface area contributed by atoms with Crippen LogP contribution in [0.4, 0.5) is 5.69 Å². The van der Waals surface area contributed by atoms with E-state index in [1.165, 1.54) is 0 Å². The lowest BCUT2D eigenvalue weighted by Crippen LogP contribution is -2.22. The zero-order valence-electron chi connectivity index (χ0n) is 19.3. The van der Waals surface area contributed by atoms with Crippen molar-refractivity contribution >= 4 is 39.1 Å². The van der Waals surface area contributed by atoms with Crippen LogP contribution >= 0.6 is 0 Å². The van der Waals surface area contributed by atoms with Gasteiger partial charge in [-0.2, -0.15) is 0 Å². The summed E-state index contributed by atoms with van der Waals surface area (Å²) in [5.74, 6) is -0.423. The molecule has 0 aliphatic heterocycles. The Bertz CT molecular complexity index is 1300. The zero-order chi connectivity index (χ0) is 23.6. The zero-order valence-corrected chi connectivity index (χ0v) is 19.3. The summed E-state index contributed by atoms with van der Waals surface area (Å²) < 4.78 is 10.8. The van der Waals surface area contributed by atoms with Crippen molar-refractivity contribution in [3.05, 3.63) is 83.9 Å². The fourth-order valence-corrected chi connectivity index (χ4v) is 3.90. The van der Waals surface area contributed by atoms with E-state index in [0.717, 1.165) is 27.1 Å². The summed E-state index contributed by atoms with van der Waals surface area (Å²) in [6, 6.07) is 23.0. The average Bonchev–Trinajstić information content (AvgIpc) is 2.80. The van der Waals surface area contributed by atoms with Gasteiger partial charge in [0, 0.05) is 0 Å². The Morgan fingerprint density at radius 3 is 2.03 bits per heavy atom. The summed E-state index contributed by atoms with van der Waals surface area (Å²) in [6.45, 7) is 5.88. The Morgan fingerprint density at radius 1 is 0.848 bits per heavy atom. The Balaban J connectivity index is 1.57. The Kier molecular flexibility index (Phi) is 6.05. The fraction of sp³-hybridized carbons (Fsp3) is 0.214. The molecule has 33 heavy (non-hydrogen) atoms. The average molecular weight is 442 g/mol. The Morgan fingerprint density at radius 2 is 1.45 bits per heavy atom. The van der Waals surface area contributed by atoms with Gasteiger partial charge >= 0.3 is 5.97 Å². The third-order valence-electron chi connectivity index (χ3n) is 5.65. The van der Waals surface area contributed by atoms with Crippen LogP contribution in [0.2, 0.25) is 0 Å². The van der Waals surface area contributed by atoms with Gasteiger partial charge in [-0.25, -0.2) is 4.79 Å². The van der Waals surface area contributed by atoms with Crippen molar-refractivity contribution in [2.75, 3.05) is 19.0 Å². The van der Waals surface area contributed by atoms with Crippen molar-refractivity contribution in [1.29, 1.82) is 0 Å². The van der Waals surface area contributed by atoms with Crippen LogP contribution in [0.15, 0.2) is 72.8 Å². The third-order valence-corrected chi connectivity index (χ3v) is 5.65. The number of fused-ring (bicyclic) bond motifs is 2. The number of carbonyl (C=O) groups excluding carboxylic acids is 2. The molecular weight excluding hydrogens is 414 g/mol. The number of esters is 1. The lowest BCUT2D eigenvalue weighted by Gasteiger charge is -2.21. The van der Waals surface area contributed by atoms with Crippen LogP contribution in [0.1, 0.15) is 36.7 Å². The van der Waals surface area contributed by atoms with Gasteiger partial charge in [0.25, 0.3) is 5.91 Å². The Labute approximate surface area is 193 Å². The minimum atomic E-state index is -0.534. The van der Waals surface area contributed by atoms with E-state index in [1.54, 1.807) is 7.11 Å². The number of hydrogen-bond acceptors (Lipinski definition) is 4. The van der Waals surface area contributed by atoms with Crippen molar-refractivity contribution < 1.29 is 19.1 Å². The standard InChI is InChI=1S/C28H27NO4/c1-28(2,3)20-13-14-24(32-4)23(16-20)29-25(30)17-33-27(31)26-21-11-7-5-9-18(21)15-19-10-6-8-12-22(19)26/h5-16H,17H2,1-4H3,(H,29,30). The van der Waals surface area contributed by atoms with E-state index in [4.69, 9.17) is 9.47 Å². The summed E-state index contributed by atoms with van der Waals surface area (Å²) in [4.78, 5) is 25.8. The first kappa shape index (κ1) is 22.3. The van der Waals surface area contributed by atoms with Gasteiger partial charge < -0.3 is 14.8 Å². The van der Waals surface area contributed by atoms with Crippen molar-refractivity contribution in [3.63, 3.8) is 0 Å². The van der Waals surface area contributed by atoms with Gasteiger partial charge in [0.15, 0.2) is 6.61 Å². The molecule has 0 fully saturated rings. The number of carbonyl (C=O) groups is 2. The lowest BCUT2D eigenvalue weighted by molar-refractivity contribution is -0.119. The summed E-state index contributed by atoms with van der Waals surface area (Å²) in [5, 5.41) is 6.28. The van der Waals surface area contributed by atoms with Gasteiger partial charge in [0.2, 0.25) is 0 Å². The highest BCUT2D eigenvalue weighted by molar-refractivity contribution is 6.16. The van der Waals surface area contributed by atoms with Crippen LogP contribution in [0.3, 0.4) is 0 Å². The molecule has 4 rings (SSSR count). The number of anilines is 1. The lowest BCUT2D eigenvalue weighted by atomic mass is 9.87. The molecule has 5 heteroatoms. The number of rotatable bonds is 5. The van der Waals surface area contributed by atoms with Crippen LogP contribution in [0, 0.1) is 0 Å². The molecule has 4 aromatic carbocycles. The van der Waals surface area contributed by atoms with E-state index in [2.05, 4.69) is 26.1 Å². The molecular formula is C28H27NO4. The van der Waals surface area contributed by atoms with Gasteiger partial charge in [-0.15, -0.1) is 0 Å². The van der Waals surface area contributed by atoms with E-state index >= 15 is 0 Å². The second kappa shape index (κ2) is 8.94. The maximum Gasteiger partial charge on any atom is 0.339 e. The molecule has 0 radical (unpaired) electrons. The molecule has 0 aliphatic carbocycles. The number of methoxy groups -OCH3 is 1. The highest BCUT2D eigenvalue weighted by Gasteiger charge is 2.19. The molecule has 0 aliphatic rings. The quantitative estimate of drug-likeness (QED) is 0.300. The van der Waals surface area contributed by atoms with Gasteiger partial charge in [-0.05, 0) is 50.7 Å². The summed E-state index contributed by atoms with van der Waals surface area (Å²) in [6.07, 6.45) is 0. The van der Waals surface area contributed by atoms with Gasteiger partial charge in [-0.3, -0.25) is 4.79 Å². The summed E-state index contributed by atoms with van der Waals surface area (Å²) >= 11 is 0. The molecule has 4 aromatic rings. The van der Waals surface area contributed by atoms with E-state index < -0.39 is 18.5 Å². The summed E-state index contributed by atoms with van der Waals surface area (Å²) in [5.41, 5.74) is 1.97. The number of benzene rings is 4. The molecule has 0 bridgehead atoms. The van der Waals surface area contributed by atoms with Crippen molar-refractivity contribution in [2.45, 2.75) is 26.2 Å². The monoisotopic (exact) mass is 441 g/mol. The maximum absolute atomic E-state index is 13.1. The molecule has 168 valence electrons. The fourth-order valence-electron chi connectivity index (χ4n) is 3.90. The van der Waals surface area contributed by atoms with E-state index in [-0.39, 0.29) is 5.41 Å². The molecule has 0 heterocycles. The minimum Gasteiger partial charge on any atom is -0.495 e. The maximum atomic E-state index is 13.1. The van der Waals surface area contributed by atoms with Crippen LogP contribution in [-0.4, -0.2) is 25.6 Å². The molecule has 5 nitrogen and oxygen atoms in total. The van der Waals surface area contributed by atoms with E-state index in [0.29, 0.717) is 17.0 Å². The second-order valence-electron chi connectivity index (χ2n) is 8.98. The van der Waals surface area contributed by atoms with Crippen LogP contribution in [0.5, 0.6) is 5.75 Å². The SMILES string of the molecule is COc1ccc(C(C)(C)C)cc1NC(=O)COC(=O)c1c2ccccc2cc2ccccc12. The largest absolute Gasteiger partial charge is 0.495 e. The number of nitrogens with one attached hydrogen (secondary N) is 1. The third kappa shape index (κ3) is 4.67. The summed E-state index contributed by atoms with van der Waals surface area (Å²) in [7, 11) is 1.55. The van der Waals surface area contributed by atoms with E-state index in [9.17, 15) is 9.59 Å². The van der Waals surface area contributed by atoms with Crippen LogP contribution in [0.25, 0.3) is 21.5 Å². The number of amides is 1. The molecule has 0 saturated carbocycles. The molecule has 0 aromatic heterocycles. The van der Waals surface area contributed by atoms with Crippen molar-refractivity contribution in [1.82, 2.24) is 0 Å². The van der Waals surface area contributed by atoms with Crippen molar-refractivity contribution in [2.24, 2.45) is 0 Å². The minimum absolute atomic E-state index is 0.0896. The topological polar surface area (TPSA) is 64.6 Å². The predicted octanol–water partition coefficient (Wildman–Crippen LogP) is 6.09. The molecule has 0 atom stereocenters. The van der Waals surface area contributed by atoms with E-state index in [1.807, 2.05) is 72.8 Å². The van der Waals surface area contributed by atoms with Gasteiger partial charge in [0.1, 0.15) is 5.75 Å².